The lowest BCUT2D eigenvalue weighted by atomic mass is 9.93. The second-order valence-electron chi connectivity index (χ2n) is 8.19. The van der Waals surface area contributed by atoms with Gasteiger partial charge in [0.15, 0.2) is 0 Å². The number of carbonyl (C=O) groups is 1. The predicted molar refractivity (Wildman–Crippen MR) is 128 cm³/mol. The Hall–Kier alpha value is -2.96. The molecular weight excluding hydrogens is 482 g/mol. The first kappa shape index (κ1) is 22.8. The number of aliphatic hydroxyl groups excluding tert-OH is 1. The van der Waals surface area contributed by atoms with Crippen LogP contribution in [0.2, 0.25) is 0 Å². The fourth-order valence-corrected chi connectivity index (χ4v) is 5.77. The van der Waals surface area contributed by atoms with Gasteiger partial charge in [0.25, 0.3) is 12.3 Å². The zero-order chi connectivity index (χ0) is 23.7. The van der Waals surface area contributed by atoms with Crippen molar-refractivity contribution in [3.8, 4) is 9.75 Å². The Labute approximate surface area is 201 Å². The Morgan fingerprint density at radius 2 is 2.03 bits per heavy atom. The van der Waals surface area contributed by atoms with Crippen molar-refractivity contribution >= 4 is 50.2 Å². The van der Waals surface area contributed by atoms with Crippen molar-refractivity contribution in [3.63, 3.8) is 0 Å². The van der Waals surface area contributed by atoms with Gasteiger partial charge in [0.1, 0.15) is 11.4 Å². The summed E-state index contributed by atoms with van der Waals surface area (Å²) in [5.41, 5.74) is 3.15. The molecule has 178 valence electrons. The van der Waals surface area contributed by atoms with Crippen molar-refractivity contribution in [1.82, 2.24) is 25.1 Å². The van der Waals surface area contributed by atoms with Crippen LogP contribution in [0.25, 0.3) is 20.0 Å². The van der Waals surface area contributed by atoms with E-state index < -0.39 is 13.0 Å². The van der Waals surface area contributed by atoms with Gasteiger partial charge in [0.2, 0.25) is 0 Å². The Kier molecular flexibility index (Phi) is 6.53. The largest absolute Gasteiger partial charge is 0.393 e. The number of aromatic nitrogens is 4. The molecule has 0 aromatic carbocycles. The van der Waals surface area contributed by atoms with E-state index >= 15 is 0 Å². The van der Waals surface area contributed by atoms with Gasteiger partial charge in [-0.25, -0.2) is 13.8 Å². The zero-order valence-corrected chi connectivity index (χ0v) is 19.6. The highest BCUT2D eigenvalue weighted by atomic mass is 32.1. The van der Waals surface area contributed by atoms with Crippen molar-refractivity contribution in [2.75, 3.05) is 5.32 Å². The molecule has 0 saturated heterocycles. The first-order chi connectivity index (χ1) is 16.5. The fourth-order valence-electron chi connectivity index (χ4n) is 4.05. The molecular formula is C22H22F2N6O2S2. The molecule has 0 atom stereocenters. The number of pyridine rings is 1. The molecule has 0 bridgehead atoms. The van der Waals surface area contributed by atoms with Crippen molar-refractivity contribution in [3.05, 3.63) is 41.9 Å². The Morgan fingerprint density at radius 3 is 2.76 bits per heavy atom. The van der Waals surface area contributed by atoms with Crippen LogP contribution in [0.5, 0.6) is 0 Å². The first-order valence-corrected chi connectivity index (χ1v) is 12.5. The monoisotopic (exact) mass is 504 g/mol. The summed E-state index contributed by atoms with van der Waals surface area (Å²) >= 11 is 3.00. The first-order valence-electron chi connectivity index (χ1n) is 10.8. The minimum atomic E-state index is -2.52. The molecule has 0 radical (unpaired) electrons. The number of fused-ring (bicyclic) bond motifs is 1. The molecule has 4 aromatic heterocycles. The minimum absolute atomic E-state index is 0.0246. The SMILES string of the molecule is O=C(NC1CCC(O)CC1)c1cnc2sc(-c3cncs3)cc2c1Nc1cnn(CC(F)F)c1. The Balaban J connectivity index is 1.50. The minimum Gasteiger partial charge on any atom is -0.393 e. The highest BCUT2D eigenvalue weighted by Gasteiger charge is 2.24. The third kappa shape index (κ3) is 4.93. The highest BCUT2D eigenvalue weighted by Crippen LogP contribution is 2.39. The summed E-state index contributed by atoms with van der Waals surface area (Å²) in [6.07, 6.45) is 6.14. The van der Waals surface area contributed by atoms with Crippen LogP contribution in [-0.4, -0.2) is 49.3 Å². The molecule has 0 spiro atoms. The number of thiazole rings is 1. The topological polar surface area (TPSA) is 105 Å². The highest BCUT2D eigenvalue weighted by molar-refractivity contribution is 7.25. The van der Waals surface area contributed by atoms with Crippen molar-refractivity contribution in [2.24, 2.45) is 0 Å². The van der Waals surface area contributed by atoms with Gasteiger partial charge in [-0.2, -0.15) is 5.10 Å². The molecule has 12 heteroatoms. The number of anilines is 2. The molecule has 0 unspecified atom stereocenters. The quantitative estimate of drug-likeness (QED) is 0.338. The number of nitrogens with one attached hydrogen (secondary N) is 2. The van der Waals surface area contributed by atoms with Gasteiger partial charge < -0.3 is 15.7 Å². The number of nitrogens with zero attached hydrogens (tertiary/aromatic N) is 4. The molecule has 1 aliphatic carbocycles. The van der Waals surface area contributed by atoms with E-state index in [4.69, 9.17) is 0 Å². The maximum atomic E-state index is 13.3. The van der Waals surface area contributed by atoms with Crippen molar-refractivity contribution in [2.45, 2.75) is 50.8 Å². The van der Waals surface area contributed by atoms with Gasteiger partial charge >= 0.3 is 0 Å². The maximum absolute atomic E-state index is 13.3. The van der Waals surface area contributed by atoms with Gasteiger partial charge in [-0.05, 0) is 31.7 Å². The van der Waals surface area contributed by atoms with Gasteiger partial charge in [0, 0.05) is 34.9 Å². The van der Waals surface area contributed by atoms with Gasteiger partial charge in [-0.3, -0.25) is 14.5 Å². The van der Waals surface area contributed by atoms with Crippen LogP contribution in [0, 0.1) is 0 Å². The molecule has 1 saturated carbocycles. The van der Waals surface area contributed by atoms with E-state index in [1.54, 1.807) is 11.7 Å². The Bertz CT molecular complexity index is 1280. The second-order valence-corrected chi connectivity index (χ2v) is 10.1. The number of thiophene rings is 1. The summed E-state index contributed by atoms with van der Waals surface area (Å²) in [5, 5.41) is 20.8. The normalized spacial score (nSPS) is 18.5. The summed E-state index contributed by atoms with van der Waals surface area (Å²) in [4.78, 5) is 24.6. The van der Waals surface area contributed by atoms with Crippen LogP contribution in [0.1, 0.15) is 36.0 Å². The standard InChI is InChI=1S/C22H22F2N6O2S2/c23-19(24)10-30-9-13(6-27-30)28-20-15-5-17(18-8-25-11-33-18)34-22(15)26-7-16(20)21(32)29-12-1-3-14(31)4-2-12/h5-9,11-12,14,19,31H,1-4,10H2,(H,26,28)(H,29,32). The number of hydrogen-bond donors (Lipinski definition) is 3. The van der Waals surface area contributed by atoms with Gasteiger partial charge in [-0.1, -0.05) is 0 Å². The third-order valence-corrected chi connectivity index (χ3v) is 7.75. The average molecular weight is 505 g/mol. The van der Waals surface area contributed by atoms with Crippen LogP contribution in [0.4, 0.5) is 20.2 Å². The molecule has 4 aromatic rings. The summed E-state index contributed by atoms with van der Waals surface area (Å²) in [6.45, 7) is -0.512. The summed E-state index contributed by atoms with van der Waals surface area (Å²) in [6, 6.07) is 1.93. The van der Waals surface area contributed by atoms with Crippen LogP contribution in [-0.2, 0) is 6.54 Å². The molecule has 1 fully saturated rings. The molecule has 34 heavy (non-hydrogen) atoms. The van der Waals surface area contributed by atoms with E-state index in [0.717, 1.165) is 24.7 Å². The van der Waals surface area contributed by atoms with Gasteiger partial charge in [-0.15, -0.1) is 22.7 Å². The summed E-state index contributed by atoms with van der Waals surface area (Å²) in [5.74, 6) is -0.274. The van der Waals surface area contributed by atoms with E-state index in [2.05, 4.69) is 25.7 Å². The number of carbonyl (C=O) groups excluding carboxylic acids is 1. The zero-order valence-electron chi connectivity index (χ0n) is 17.9. The van der Waals surface area contributed by atoms with E-state index in [1.165, 1.54) is 41.3 Å². The van der Waals surface area contributed by atoms with E-state index in [9.17, 15) is 18.7 Å². The number of rotatable bonds is 7. The molecule has 4 heterocycles. The van der Waals surface area contributed by atoms with Crippen molar-refractivity contribution in [1.29, 1.82) is 0 Å². The smallest absolute Gasteiger partial charge is 0.257 e. The number of amides is 1. The van der Waals surface area contributed by atoms with Crippen LogP contribution in [0.3, 0.4) is 0 Å². The summed E-state index contributed by atoms with van der Waals surface area (Å²) < 4.78 is 26.7. The summed E-state index contributed by atoms with van der Waals surface area (Å²) in [7, 11) is 0. The van der Waals surface area contributed by atoms with Crippen LogP contribution in [0.15, 0.2) is 36.4 Å². The molecule has 0 aliphatic heterocycles. The molecule has 1 amide bonds. The van der Waals surface area contributed by atoms with Crippen LogP contribution < -0.4 is 10.6 Å². The molecule has 5 rings (SSSR count). The molecule has 1 aliphatic rings. The number of alkyl halides is 2. The van der Waals surface area contributed by atoms with Gasteiger partial charge in [0.05, 0.1) is 39.6 Å². The predicted octanol–water partition coefficient (Wildman–Crippen LogP) is 4.66. The lowest BCUT2D eigenvalue weighted by molar-refractivity contribution is 0.0868. The number of hydrogen-bond acceptors (Lipinski definition) is 8. The second kappa shape index (κ2) is 9.72. The van der Waals surface area contributed by atoms with E-state index in [-0.39, 0.29) is 18.1 Å². The van der Waals surface area contributed by atoms with Crippen molar-refractivity contribution < 1.29 is 18.7 Å². The lowest BCUT2D eigenvalue weighted by Gasteiger charge is -2.26. The molecule has 3 N–H and O–H groups in total. The lowest BCUT2D eigenvalue weighted by Crippen LogP contribution is -2.38. The fraction of sp³-hybridized carbons (Fsp3) is 0.364. The third-order valence-electron chi connectivity index (χ3n) is 5.74. The van der Waals surface area contributed by atoms with Crippen LogP contribution >= 0.6 is 22.7 Å². The number of halogens is 2. The number of aliphatic hydroxyl groups is 1. The molecule has 8 nitrogen and oxygen atoms in total. The van der Waals surface area contributed by atoms with E-state index in [1.807, 2.05) is 6.07 Å². The maximum Gasteiger partial charge on any atom is 0.257 e. The Morgan fingerprint density at radius 1 is 1.21 bits per heavy atom. The van der Waals surface area contributed by atoms with E-state index in [0.29, 0.717) is 42.6 Å². The average Bonchev–Trinajstić information content (AvgIpc) is 3.55.